The normalized spacial score (nSPS) is 14.6. The number of hydrogen-bond acceptors (Lipinski definition) is 5. The predicted octanol–water partition coefficient (Wildman–Crippen LogP) is 1.41. The molecule has 0 saturated carbocycles. The second-order valence-corrected chi connectivity index (χ2v) is 6.05. The molecule has 0 radical (unpaired) electrons. The summed E-state index contributed by atoms with van der Waals surface area (Å²) in [5.41, 5.74) is 0.441. The molecule has 2 amide bonds. The van der Waals surface area contributed by atoms with Gasteiger partial charge in [-0.2, -0.15) is 0 Å². The molecule has 24 heavy (non-hydrogen) atoms. The van der Waals surface area contributed by atoms with Gasteiger partial charge in [0.1, 0.15) is 17.8 Å². The summed E-state index contributed by atoms with van der Waals surface area (Å²) < 4.78 is 0. The highest BCUT2D eigenvalue weighted by atomic mass is 16.2. The van der Waals surface area contributed by atoms with E-state index in [-0.39, 0.29) is 11.8 Å². The first-order valence-electron chi connectivity index (χ1n) is 8.68. The average Bonchev–Trinajstić information content (AvgIpc) is 2.61. The third-order valence-electron chi connectivity index (χ3n) is 4.20. The van der Waals surface area contributed by atoms with Crippen LogP contribution in [0.2, 0.25) is 0 Å². The van der Waals surface area contributed by atoms with E-state index < -0.39 is 0 Å². The van der Waals surface area contributed by atoms with Crippen LogP contribution in [-0.4, -0.2) is 70.9 Å². The van der Waals surface area contributed by atoms with Crippen LogP contribution in [0.15, 0.2) is 12.4 Å². The molecule has 0 unspecified atom stereocenters. The third kappa shape index (κ3) is 4.43. The molecule has 0 atom stereocenters. The summed E-state index contributed by atoms with van der Waals surface area (Å²) in [5, 5.41) is 0. The minimum Gasteiger partial charge on any atom is -0.353 e. The topological polar surface area (TPSA) is 69.6 Å². The Balaban J connectivity index is 2.08. The lowest BCUT2D eigenvalue weighted by Crippen LogP contribution is -2.48. The Bertz CT molecular complexity index is 564. The quantitative estimate of drug-likeness (QED) is 0.787. The van der Waals surface area contributed by atoms with Crippen LogP contribution < -0.4 is 4.90 Å². The zero-order chi connectivity index (χ0) is 17.5. The standard InChI is InChI=1S/C17H27N5O2/c1-4-6-22(7-5-2)17(24)15-12-16(19-13-18-15)21-10-8-20(9-11-21)14(3)23/h12-13H,4-11H2,1-3H3. The maximum absolute atomic E-state index is 12.7. The molecule has 0 aromatic carbocycles. The molecule has 1 aromatic rings. The zero-order valence-corrected chi connectivity index (χ0v) is 14.9. The van der Waals surface area contributed by atoms with Crippen molar-refractivity contribution in [3.8, 4) is 0 Å². The second kappa shape index (κ2) is 8.61. The highest BCUT2D eigenvalue weighted by molar-refractivity contribution is 5.93. The second-order valence-electron chi connectivity index (χ2n) is 6.05. The number of aromatic nitrogens is 2. The van der Waals surface area contributed by atoms with E-state index in [2.05, 4.69) is 28.7 Å². The Kier molecular flexibility index (Phi) is 6.52. The summed E-state index contributed by atoms with van der Waals surface area (Å²) in [4.78, 5) is 38.3. The highest BCUT2D eigenvalue weighted by Gasteiger charge is 2.22. The first-order valence-corrected chi connectivity index (χ1v) is 8.68. The van der Waals surface area contributed by atoms with Crippen molar-refractivity contribution in [3.05, 3.63) is 18.1 Å². The lowest BCUT2D eigenvalue weighted by molar-refractivity contribution is -0.129. The maximum atomic E-state index is 12.7. The van der Waals surface area contributed by atoms with Crippen LogP contribution in [0, 0.1) is 0 Å². The summed E-state index contributed by atoms with van der Waals surface area (Å²) in [6, 6.07) is 1.77. The van der Waals surface area contributed by atoms with Crippen molar-refractivity contribution < 1.29 is 9.59 Å². The van der Waals surface area contributed by atoms with Gasteiger partial charge in [-0.05, 0) is 12.8 Å². The minimum atomic E-state index is -0.0373. The van der Waals surface area contributed by atoms with Gasteiger partial charge in [-0.1, -0.05) is 13.8 Å². The van der Waals surface area contributed by atoms with Crippen LogP contribution in [0.4, 0.5) is 5.82 Å². The Hall–Kier alpha value is -2.18. The van der Waals surface area contributed by atoms with Crippen molar-refractivity contribution in [1.82, 2.24) is 19.8 Å². The van der Waals surface area contributed by atoms with E-state index in [1.54, 1.807) is 13.0 Å². The van der Waals surface area contributed by atoms with Gasteiger partial charge >= 0.3 is 0 Å². The zero-order valence-electron chi connectivity index (χ0n) is 14.9. The first kappa shape index (κ1) is 18.2. The van der Waals surface area contributed by atoms with Gasteiger partial charge in [0.05, 0.1) is 0 Å². The van der Waals surface area contributed by atoms with Gasteiger partial charge in [-0.3, -0.25) is 9.59 Å². The summed E-state index contributed by atoms with van der Waals surface area (Å²) >= 11 is 0. The van der Waals surface area contributed by atoms with E-state index in [4.69, 9.17) is 0 Å². The molecule has 0 bridgehead atoms. The molecule has 1 aliphatic heterocycles. The fourth-order valence-corrected chi connectivity index (χ4v) is 2.90. The fourth-order valence-electron chi connectivity index (χ4n) is 2.90. The van der Waals surface area contributed by atoms with Gasteiger partial charge in [-0.15, -0.1) is 0 Å². The molecule has 0 aliphatic carbocycles. The molecule has 1 fully saturated rings. The number of hydrogen-bond donors (Lipinski definition) is 0. The minimum absolute atomic E-state index is 0.0373. The smallest absolute Gasteiger partial charge is 0.272 e. The van der Waals surface area contributed by atoms with E-state index in [0.717, 1.165) is 44.8 Å². The lowest BCUT2D eigenvalue weighted by atomic mass is 10.2. The first-order chi connectivity index (χ1) is 11.6. The van der Waals surface area contributed by atoms with E-state index in [1.165, 1.54) is 6.33 Å². The third-order valence-corrected chi connectivity index (χ3v) is 4.20. The Labute approximate surface area is 143 Å². The summed E-state index contributed by atoms with van der Waals surface area (Å²) in [7, 11) is 0. The molecule has 1 saturated heterocycles. The number of amides is 2. The van der Waals surface area contributed by atoms with Gasteiger partial charge in [0.15, 0.2) is 0 Å². The molecule has 1 aliphatic rings. The summed E-state index contributed by atoms with van der Waals surface area (Å²) in [5.74, 6) is 0.817. The van der Waals surface area contributed by atoms with E-state index in [1.807, 2.05) is 9.80 Å². The van der Waals surface area contributed by atoms with Crippen molar-refractivity contribution in [3.63, 3.8) is 0 Å². The van der Waals surface area contributed by atoms with Gasteiger partial charge in [-0.25, -0.2) is 9.97 Å². The molecule has 7 nitrogen and oxygen atoms in total. The predicted molar refractivity (Wildman–Crippen MR) is 93.0 cm³/mol. The van der Waals surface area contributed by atoms with E-state index >= 15 is 0 Å². The van der Waals surface area contributed by atoms with Crippen LogP contribution in [0.5, 0.6) is 0 Å². The van der Waals surface area contributed by atoms with Gasteiger partial charge < -0.3 is 14.7 Å². The molecule has 2 rings (SSSR count). The Morgan fingerprint density at radius 3 is 2.25 bits per heavy atom. The molecule has 2 heterocycles. The van der Waals surface area contributed by atoms with Crippen molar-refractivity contribution >= 4 is 17.6 Å². The lowest BCUT2D eigenvalue weighted by Gasteiger charge is -2.35. The largest absolute Gasteiger partial charge is 0.353 e. The monoisotopic (exact) mass is 333 g/mol. The number of anilines is 1. The van der Waals surface area contributed by atoms with Gasteiger partial charge in [0, 0.05) is 52.3 Å². The van der Waals surface area contributed by atoms with Gasteiger partial charge in [0.25, 0.3) is 5.91 Å². The molecule has 132 valence electrons. The van der Waals surface area contributed by atoms with Crippen molar-refractivity contribution in [2.75, 3.05) is 44.2 Å². The molecule has 1 aromatic heterocycles. The summed E-state index contributed by atoms with van der Waals surface area (Å²) in [6.45, 7) is 10.0. The van der Waals surface area contributed by atoms with E-state index in [9.17, 15) is 9.59 Å². The Morgan fingerprint density at radius 1 is 1.08 bits per heavy atom. The van der Waals surface area contributed by atoms with Crippen LogP contribution in [0.1, 0.15) is 44.1 Å². The number of piperazine rings is 1. The average molecular weight is 333 g/mol. The van der Waals surface area contributed by atoms with Crippen molar-refractivity contribution in [2.45, 2.75) is 33.6 Å². The van der Waals surface area contributed by atoms with Crippen molar-refractivity contribution in [2.24, 2.45) is 0 Å². The van der Waals surface area contributed by atoms with E-state index in [0.29, 0.717) is 18.8 Å². The molecular formula is C17H27N5O2. The number of nitrogens with zero attached hydrogens (tertiary/aromatic N) is 5. The summed E-state index contributed by atoms with van der Waals surface area (Å²) in [6.07, 6.45) is 3.31. The SMILES string of the molecule is CCCN(CCC)C(=O)c1cc(N2CCN(C(C)=O)CC2)ncn1. The van der Waals surface area contributed by atoms with Crippen LogP contribution in [-0.2, 0) is 4.79 Å². The fraction of sp³-hybridized carbons (Fsp3) is 0.647. The molecule has 0 N–H and O–H groups in total. The number of carbonyl (C=O) groups excluding carboxylic acids is 2. The highest BCUT2D eigenvalue weighted by Crippen LogP contribution is 2.15. The Morgan fingerprint density at radius 2 is 1.71 bits per heavy atom. The van der Waals surface area contributed by atoms with Crippen molar-refractivity contribution in [1.29, 1.82) is 0 Å². The maximum Gasteiger partial charge on any atom is 0.272 e. The van der Waals surface area contributed by atoms with Crippen LogP contribution in [0.25, 0.3) is 0 Å². The van der Waals surface area contributed by atoms with Crippen LogP contribution in [0.3, 0.4) is 0 Å². The molecular weight excluding hydrogens is 306 g/mol. The van der Waals surface area contributed by atoms with Crippen LogP contribution >= 0.6 is 0 Å². The molecule has 0 spiro atoms. The number of carbonyl (C=O) groups is 2. The van der Waals surface area contributed by atoms with Gasteiger partial charge in [0.2, 0.25) is 5.91 Å². The molecule has 7 heteroatoms. The number of rotatable bonds is 6.